The van der Waals surface area contributed by atoms with Crippen LogP contribution in [0.1, 0.15) is 0 Å². The molecule has 56 valence electrons. The van der Waals surface area contributed by atoms with Crippen molar-refractivity contribution in [3.8, 4) is 0 Å². The lowest BCUT2D eigenvalue weighted by Gasteiger charge is -2.13. The molecule has 0 aromatic heterocycles. The highest BCUT2D eigenvalue weighted by atomic mass is 35.5. The van der Waals surface area contributed by atoms with E-state index < -0.39 is 0 Å². The Labute approximate surface area is 79.0 Å². The molecule has 0 bridgehead atoms. The van der Waals surface area contributed by atoms with Crippen molar-refractivity contribution in [1.82, 2.24) is 0 Å². The molecule has 1 saturated heterocycles. The lowest BCUT2D eigenvalue weighted by Crippen LogP contribution is -1.94. The van der Waals surface area contributed by atoms with Gasteiger partial charge in [0.25, 0.3) is 0 Å². The minimum absolute atomic E-state index is 1.02. The molecule has 0 aromatic rings. The van der Waals surface area contributed by atoms with Gasteiger partial charge in [-0.1, -0.05) is 35.0 Å². The SMILES string of the molecule is Cl/C=C1\CSC/C(=C\Cl)S1. The summed E-state index contributed by atoms with van der Waals surface area (Å²) in [6.45, 7) is 0. The lowest BCUT2D eigenvalue weighted by atomic mass is 10.7. The zero-order valence-corrected chi connectivity index (χ0v) is 8.29. The van der Waals surface area contributed by atoms with Crippen LogP contribution >= 0.6 is 46.7 Å². The first kappa shape index (κ1) is 8.85. The average molecular weight is 213 g/mol. The van der Waals surface area contributed by atoms with Gasteiger partial charge in [-0.15, -0.1) is 0 Å². The largest absolute Gasteiger partial charge is 0.151 e. The summed E-state index contributed by atoms with van der Waals surface area (Å²) in [5, 5.41) is 0. The van der Waals surface area contributed by atoms with Crippen LogP contribution in [0.3, 0.4) is 0 Å². The van der Waals surface area contributed by atoms with Crippen molar-refractivity contribution < 1.29 is 0 Å². The molecule has 0 amide bonds. The predicted octanol–water partition coefficient (Wildman–Crippen LogP) is 3.63. The summed E-state index contributed by atoms with van der Waals surface area (Å²) in [6.07, 6.45) is 0. The van der Waals surface area contributed by atoms with E-state index in [9.17, 15) is 0 Å². The first-order valence-corrected chi connectivity index (χ1v) is 5.55. The van der Waals surface area contributed by atoms with Crippen molar-refractivity contribution >= 4 is 46.7 Å². The van der Waals surface area contributed by atoms with Crippen molar-refractivity contribution in [2.24, 2.45) is 0 Å². The fourth-order valence-corrected chi connectivity index (χ4v) is 3.26. The second-order valence-electron chi connectivity index (χ2n) is 1.75. The molecule has 0 atom stereocenters. The molecule has 0 unspecified atom stereocenters. The molecule has 0 aliphatic carbocycles. The predicted molar refractivity (Wildman–Crippen MR) is 52.8 cm³/mol. The van der Waals surface area contributed by atoms with Crippen LogP contribution in [0.15, 0.2) is 20.9 Å². The fraction of sp³-hybridized carbons (Fsp3) is 0.333. The van der Waals surface area contributed by atoms with E-state index >= 15 is 0 Å². The molecular formula is C6H6Cl2S2. The van der Waals surface area contributed by atoms with Gasteiger partial charge in [-0.2, -0.15) is 11.8 Å². The first-order valence-electron chi connectivity index (χ1n) is 2.71. The van der Waals surface area contributed by atoms with Crippen LogP contribution in [-0.4, -0.2) is 11.5 Å². The van der Waals surface area contributed by atoms with Gasteiger partial charge in [0.15, 0.2) is 0 Å². The molecule has 10 heavy (non-hydrogen) atoms. The van der Waals surface area contributed by atoms with Gasteiger partial charge < -0.3 is 0 Å². The van der Waals surface area contributed by atoms with Crippen molar-refractivity contribution in [1.29, 1.82) is 0 Å². The standard InChI is InChI=1S/C6H6Cl2S2/c7-1-5-3-9-4-6(2-8)10-5/h1-2H,3-4H2/b5-1+,6-2+. The van der Waals surface area contributed by atoms with Crippen LogP contribution in [0.4, 0.5) is 0 Å². The van der Waals surface area contributed by atoms with Crippen molar-refractivity contribution in [3.63, 3.8) is 0 Å². The minimum Gasteiger partial charge on any atom is -0.151 e. The van der Waals surface area contributed by atoms with Gasteiger partial charge >= 0.3 is 0 Å². The Kier molecular flexibility index (Phi) is 4.07. The smallest absolute Gasteiger partial charge is 0.0260 e. The van der Waals surface area contributed by atoms with Crippen LogP contribution in [0.25, 0.3) is 0 Å². The van der Waals surface area contributed by atoms with Gasteiger partial charge in [0.1, 0.15) is 0 Å². The van der Waals surface area contributed by atoms with Gasteiger partial charge in [-0.05, 0) is 0 Å². The second kappa shape index (κ2) is 4.60. The van der Waals surface area contributed by atoms with E-state index in [2.05, 4.69) is 0 Å². The monoisotopic (exact) mass is 212 g/mol. The zero-order chi connectivity index (χ0) is 7.40. The highest BCUT2D eigenvalue weighted by Crippen LogP contribution is 2.36. The topological polar surface area (TPSA) is 0 Å². The number of hydrogen-bond acceptors (Lipinski definition) is 2. The van der Waals surface area contributed by atoms with Crippen LogP contribution in [-0.2, 0) is 0 Å². The summed E-state index contributed by atoms with van der Waals surface area (Å²) in [4.78, 5) is 2.37. The summed E-state index contributed by atoms with van der Waals surface area (Å²) < 4.78 is 0. The molecular weight excluding hydrogens is 207 g/mol. The molecule has 4 heteroatoms. The third kappa shape index (κ3) is 2.42. The molecule has 0 N–H and O–H groups in total. The van der Waals surface area contributed by atoms with Crippen molar-refractivity contribution in [2.75, 3.05) is 11.5 Å². The Balaban J connectivity index is 2.56. The van der Waals surface area contributed by atoms with Crippen LogP contribution in [0.2, 0.25) is 0 Å². The molecule has 0 saturated carbocycles. The van der Waals surface area contributed by atoms with Gasteiger partial charge in [0.2, 0.25) is 0 Å². The molecule has 1 fully saturated rings. The van der Waals surface area contributed by atoms with E-state index in [-0.39, 0.29) is 0 Å². The van der Waals surface area contributed by atoms with Crippen molar-refractivity contribution in [2.45, 2.75) is 0 Å². The van der Waals surface area contributed by atoms with E-state index in [0.29, 0.717) is 0 Å². The summed E-state index contributed by atoms with van der Waals surface area (Å²) in [7, 11) is 0. The molecule has 0 spiro atoms. The van der Waals surface area contributed by atoms with Crippen LogP contribution in [0.5, 0.6) is 0 Å². The van der Waals surface area contributed by atoms with E-state index in [0.717, 1.165) is 11.5 Å². The maximum absolute atomic E-state index is 5.54. The molecule has 0 aromatic carbocycles. The maximum atomic E-state index is 5.54. The van der Waals surface area contributed by atoms with E-state index in [1.807, 2.05) is 11.8 Å². The quantitative estimate of drug-likeness (QED) is 0.602. The summed E-state index contributed by atoms with van der Waals surface area (Å²) >= 11 is 14.6. The first-order chi connectivity index (χ1) is 4.86. The molecule has 0 radical (unpaired) electrons. The molecule has 0 nitrogen and oxygen atoms in total. The second-order valence-corrected chi connectivity index (χ2v) is 4.42. The number of hydrogen-bond donors (Lipinski definition) is 0. The van der Waals surface area contributed by atoms with Crippen LogP contribution < -0.4 is 0 Å². The minimum atomic E-state index is 1.02. The summed E-state index contributed by atoms with van der Waals surface area (Å²) in [5.74, 6) is 2.03. The van der Waals surface area contributed by atoms with Gasteiger partial charge in [0, 0.05) is 32.4 Å². The number of thioether (sulfide) groups is 2. The Morgan fingerprint density at radius 3 is 2.00 bits per heavy atom. The third-order valence-electron chi connectivity index (χ3n) is 0.994. The van der Waals surface area contributed by atoms with Crippen molar-refractivity contribution in [3.05, 3.63) is 20.9 Å². The van der Waals surface area contributed by atoms with E-state index in [1.54, 1.807) is 22.8 Å². The normalized spacial score (nSPS) is 27.8. The Morgan fingerprint density at radius 1 is 1.10 bits per heavy atom. The fourth-order valence-electron chi connectivity index (χ4n) is 0.587. The molecule has 1 aliphatic rings. The zero-order valence-electron chi connectivity index (χ0n) is 5.14. The number of halogens is 2. The molecule has 1 rings (SSSR count). The summed E-state index contributed by atoms with van der Waals surface area (Å²) in [6, 6.07) is 0. The Bertz CT molecular complexity index is 157. The van der Waals surface area contributed by atoms with Crippen LogP contribution in [0, 0.1) is 0 Å². The van der Waals surface area contributed by atoms with Gasteiger partial charge in [0.05, 0.1) is 0 Å². The third-order valence-corrected chi connectivity index (χ3v) is 4.22. The van der Waals surface area contributed by atoms with Gasteiger partial charge in [-0.3, -0.25) is 0 Å². The highest BCUT2D eigenvalue weighted by molar-refractivity contribution is 8.12. The maximum Gasteiger partial charge on any atom is 0.0260 e. The lowest BCUT2D eigenvalue weighted by molar-refractivity contribution is 1.62. The Hall–Kier alpha value is 0.760. The molecule has 1 aliphatic heterocycles. The van der Waals surface area contributed by atoms with E-state index in [4.69, 9.17) is 23.2 Å². The highest BCUT2D eigenvalue weighted by Gasteiger charge is 2.09. The average Bonchev–Trinajstić information content (AvgIpc) is 2.05. The Morgan fingerprint density at radius 2 is 1.60 bits per heavy atom. The van der Waals surface area contributed by atoms with Gasteiger partial charge in [-0.25, -0.2) is 0 Å². The summed E-state index contributed by atoms with van der Waals surface area (Å²) in [5.41, 5.74) is 3.24. The number of rotatable bonds is 0. The molecule has 1 heterocycles. The van der Waals surface area contributed by atoms with E-state index in [1.165, 1.54) is 9.81 Å².